The molecule has 0 spiro atoms. The summed E-state index contributed by atoms with van der Waals surface area (Å²) in [5.74, 6) is 7.23. The van der Waals surface area contributed by atoms with E-state index in [9.17, 15) is 9.59 Å². The van der Waals surface area contributed by atoms with E-state index in [0.717, 1.165) is 44.1 Å². The smallest absolute Gasteiger partial charge is 0.252 e. The normalized spacial score (nSPS) is 21.7. The summed E-state index contributed by atoms with van der Waals surface area (Å²) in [7, 11) is 0. The Morgan fingerprint density at radius 3 is 2.61 bits per heavy atom. The van der Waals surface area contributed by atoms with Gasteiger partial charge in [0.1, 0.15) is 12.4 Å². The Labute approximate surface area is 212 Å². The summed E-state index contributed by atoms with van der Waals surface area (Å²) < 4.78 is 17.7. The zero-order chi connectivity index (χ0) is 25.7. The summed E-state index contributed by atoms with van der Waals surface area (Å²) in [6, 6.07) is 3.41. The van der Waals surface area contributed by atoms with Crippen LogP contribution in [0.4, 0.5) is 0 Å². The van der Waals surface area contributed by atoms with Crippen LogP contribution in [0.3, 0.4) is 0 Å². The molecule has 3 N–H and O–H groups in total. The van der Waals surface area contributed by atoms with Gasteiger partial charge in [0.15, 0.2) is 0 Å². The van der Waals surface area contributed by atoms with Crippen LogP contribution in [-0.2, 0) is 9.53 Å². The first-order valence-corrected chi connectivity index (χ1v) is 12.8. The van der Waals surface area contributed by atoms with Crippen LogP contribution in [-0.4, -0.2) is 48.3 Å². The standard InChI is InChI=1S/C28H35N3O5/c1-4-34-21-10-6-18(7-11-21)5-8-19-15-30-28(35-16-20-9-12-26(32)31-20)23-14-25(36-17(2)3)24(27(29)33)13-22(19)23/h13-15,17-18,20-21H,4,6-7,9-12,16H2,1-3H3,(H2,29,33)(H,31,32)/t18-,20-,21+/m0/s1. The fourth-order valence-electron chi connectivity index (χ4n) is 4.77. The van der Waals surface area contributed by atoms with Crippen molar-refractivity contribution in [3.05, 3.63) is 29.5 Å². The number of primary amides is 1. The molecule has 2 heterocycles. The molecule has 192 valence electrons. The molecule has 0 radical (unpaired) electrons. The van der Waals surface area contributed by atoms with Crippen molar-refractivity contribution in [1.29, 1.82) is 0 Å². The number of ether oxygens (including phenoxy) is 3. The van der Waals surface area contributed by atoms with Crippen LogP contribution in [0.2, 0.25) is 0 Å². The first kappa shape index (κ1) is 25.8. The molecular weight excluding hydrogens is 458 g/mol. The molecule has 36 heavy (non-hydrogen) atoms. The van der Waals surface area contributed by atoms with Gasteiger partial charge in [-0.25, -0.2) is 4.98 Å². The Morgan fingerprint density at radius 2 is 1.97 bits per heavy atom. The zero-order valence-corrected chi connectivity index (χ0v) is 21.3. The second-order valence-electron chi connectivity index (χ2n) is 9.71. The number of nitrogens with two attached hydrogens (primary N) is 1. The number of carbonyl (C=O) groups excluding carboxylic acids is 2. The van der Waals surface area contributed by atoms with Crippen molar-refractivity contribution < 1.29 is 23.8 Å². The number of hydrogen-bond acceptors (Lipinski definition) is 6. The first-order valence-electron chi connectivity index (χ1n) is 12.8. The number of pyridine rings is 1. The molecule has 8 heteroatoms. The number of rotatable bonds is 8. The lowest BCUT2D eigenvalue weighted by atomic mass is 9.87. The summed E-state index contributed by atoms with van der Waals surface area (Å²) in [5.41, 5.74) is 6.69. The molecule has 0 bridgehead atoms. The van der Waals surface area contributed by atoms with Crippen molar-refractivity contribution in [2.75, 3.05) is 13.2 Å². The Morgan fingerprint density at radius 1 is 1.19 bits per heavy atom. The van der Waals surface area contributed by atoms with E-state index >= 15 is 0 Å². The maximum absolute atomic E-state index is 12.3. The Hall–Kier alpha value is -3.31. The average Bonchev–Trinajstić information content (AvgIpc) is 3.27. The number of hydrogen-bond donors (Lipinski definition) is 2. The first-order chi connectivity index (χ1) is 17.3. The number of aromatic nitrogens is 1. The molecule has 2 fully saturated rings. The zero-order valence-electron chi connectivity index (χ0n) is 21.3. The molecule has 8 nitrogen and oxygen atoms in total. The molecule has 2 aromatic rings. The minimum atomic E-state index is -0.575. The highest BCUT2D eigenvalue weighted by molar-refractivity contribution is 6.03. The van der Waals surface area contributed by atoms with Crippen LogP contribution in [0.5, 0.6) is 11.6 Å². The highest BCUT2D eigenvalue weighted by Crippen LogP contribution is 2.34. The van der Waals surface area contributed by atoms with Gasteiger partial charge in [-0.2, -0.15) is 0 Å². The lowest BCUT2D eigenvalue weighted by Gasteiger charge is -2.25. The van der Waals surface area contributed by atoms with Crippen LogP contribution in [0.1, 0.15) is 75.2 Å². The quantitative estimate of drug-likeness (QED) is 0.542. The number of amides is 2. The lowest BCUT2D eigenvalue weighted by molar-refractivity contribution is -0.119. The SMILES string of the molecule is CCO[C@H]1CC[C@@H](C#Cc2cnc(OC[C@@H]3CCC(=O)N3)c3cc(OC(C)C)c(C(N)=O)cc23)CC1. The summed E-state index contributed by atoms with van der Waals surface area (Å²) >= 11 is 0. The molecular formula is C28H35N3O5. The van der Waals surface area contributed by atoms with Crippen LogP contribution in [0.15, 0.2) is 18.3 Å². The van der Waals surface area contributed by atoms with Gasteiger partial charge in [-0.1, -0.05) is 11.8 Å². The predicted octanol–water partition coefficient (Wildman–Crippen LogP) is 3.73. The van der Waals surface area contributed by atoms with Gasteiger partial charge in [0.05, 0.1) is 29.4 Å². The fourth-order valence-corrected chi connectivity index (χ4v) is 4.77. The van der Waals surface area contributed by atoms with Gasteiger partial charge in [-0.3, -0.25) is 9.59 Å². The number of fused-ring (bicyclic) bond motifs is 1. The summed E-state index contributed by atoms with van der Waals surface area (Å²) in [6.45, 7) is 6.84. The largest absolute Gasteiger partial charge is 0.490 e. The van der Waals surface area contributed by atoms with E-state index in [4.69, 9.17) is 19.9 Å². The number of nitrogens with zero attached hydrogens (tertiary/aromatic N) is 1. The molecule has 2 aliphatic rings. The molecule has 1 atom stereocenters. The Kier molecular flexibility index (Phi) is 8.32. The van der Waals surface area contributed by atoms with Gasteiger partial charge in [0, 0.05) is 35.9 Å². The van der Waals surface area contributed by atoms with Gasteiger partial charge in [-0.15, -0.1) is 0 Å². The molecule has 1 aromatic heterocycles. The maximum Gasteiger partial charge on any atom is 0.252 e. The summed E-state index contributed by atoms with van der Waals surface area (Å²) in [6.07, 6.45) is 7.09. The monoisotopic (exact) mass is 493 g/mol. The molecule has 4 rings (SSSR count). The fraction of sp³-hybridized carbons (Fsp3) is 0.536. The molecule has 2 amide bonds. The highest BCUT2D eigenvalue weighted by Gasteiger charge is 2.23. The second kappa shape index (κ2) is 11.6. The van der Waals surface area contributed by atoms with Crippen LogP contribution < -0.4 is 20.5 Å². The molecule has 1 aliphatic heterocycles. The van der Waals surface area contributed by atoms with E-state index in [2.05, 4.69) is 22.1 Å². The van der Waals surface area contributed by atoms with E-state index < -0.39 is 5.91 Å². The molecule has 1 aliphatic carbocycles. The van der Waals surface area contributed by atoms with E-state index in [1.54, 1.807) is 18.3 Å². The van der Waals surface area contributed by atoms with Crippen LogP contribution in [0, 0.1) is 17.8 Å². The van der Waals surface area contributed by atoms with Gasteiger partial charge in [-0.05, 0) is 65.0 Å². The van der Waals surface area contributed by atoms with Crippen molar-refractivity contribution in [3.63, 3.8) is 0 Å². The lowest BCUT2D eigenvalue weighted by Crippen LogP contribution is -2.31. The van der Waals surface area contributed by atoms with Crippen LogP contribution >= 0.6 is 0 Å². The van der Waals surface area contributed by atoms with E-state index in [1.165, 1.54) is 0 Å². The van der Waals surface area contributed by atoms with Crippen molar-refractivity contribution in [2.45, 2.75) is 77.5 Å². The van der Waals surface area contributed by atoms with E-state index in [0.29, 0.717) is 41.7 Å². The van der Waals surface area contributed by atoms with Gasteiger partial charge >= 0.3 is 0 Å². The third kappa shape index (κ3) is 6.27. The molecule has 1 saturated carbocycles. The minimum Gasteiger partial charge on any atom is -0.490 e. The van der Waals surface area contributed by atoms with Gasteiger partial charge < -0.3 is 25.3 Å². The third-order valence-corrected chi connectivity index (χ3v) is 6.57. The number of nitrogens with one attached hydrogen (secondary N) is 1. The average molecular weight is 494 g/mol. The minimum absolute atomic E-state index is 0.0287. The Balaban J connectivity index is 1.67. The van der Waals surface area contributed by atoms with Crippen molar-refractivity contribution in [1.82, 2.24) is 10.3 Å². The summed E-state index contributed by atoms with van der Waals surface area (Å²) in [5, 5.41) is 4.32. The molecule has 1 saturated heterocycles. The third-order valence-electron chi connectivity index (χ3n) is 6.57. The van der Waals surface area contributed by atoms with E-state index in [1.807, 2.05) is 20.8 Å². The maximum atomic E-state index is 12.3. The second-order valence-corrected chi connectivity index (χ2v) is 9.71. The molecule has 1 aromatic carbocycles. The van der Waals surface area contributed by atoms with Gasteiger partial charge in [0.2, 0.25) is 11.8 Å². The van der Waals surface area contributed by atoms with Crippen LogP contribution in [0.25, 0.3) is 10.8 Å². The van der Waals surface area contributed by atoms with Crippen molar-refractivity contribution in [2.24, 2.45) is 11.7 Å². The summed E-state index contributed by atoms with van der Waals surface area (Å²) in [4.78, 5) is 28.4. The highest BCUT2D eigenvalue weighted by atomic mass is 16.5. The predicted molar refractivity (Wildman–Crippen MR) is 137 cm³/mol. The Bertz CT molecular complexity index is 1180. The van der Waals surface area contributed by atoms with Crippen molar-refractivity contribution >= 4 is 22.6 Å². The number of carbonyl (C=O) groups is 2. The van der Waals surface area contributed by atoms with Gasteiger partial charge in [0.25, 0.3) is 5.91 Å². The number of benzene rings is 1. The van der Waals surface area contributed by atoms with Crippen molar-refractivity contribution in [3.8, 4) is 23.5 Å². The molecule has 0 unspecified atom stereocenters. The van der Waals surface area contributed by atoms with E-state index in [-0.39, 0.29) is 29.5 Å². The topological polar surface area (TPSA) is 113 Å².